The molecule has 1 aliphatic heterocycles. The van der Waals surface area contributed by atoms with Crippen LogP contribution in [0.25, 0.3) is 21.5 Å². The average Bonchev–Trinajstić information content (AvgIpc) is 2.74. The van der Waals surface area contributed by atoms with Gasteiger partial charge in [0.15, 0.2) is 0 Å². The molecule has 0 fully saturated rings. The Balaban J connectivity index is 1.52. The third-order valence-electron chi connectivity index (χ3n) is 5.18. The van der Waals surface area contributed by atoms with Gasteiger partial charge in [0, 0.05) is 0 Å². The molecule has 5 rings (SSSR count). The van der Waals surface area contributed by atoms with E-state index in [0.717, 1.165) is 0 Å². The van der Waals surface area contributed by atoms with Crippen molar-refractivity contribution < 1.29 is 0 Å². The molecule has 1 heterocycles. The van der Waals surface area contributed by atoms with Crippen molar-refractivity contribution in [2.45, 2.75) is 21.3 Å². The van der Waals surface area contributed by atoms with Crippen LogP contribution < -0.4 is 0 Å². The summed E-state index contributed by atoms with van der Waals surface area (Å²) in [5.41, 5.74) is 6.42. The standard InChI is InChI=1S/C24H20Se4/c1-5-17-6-2-10-20-14-27-28-16-22-12-4-8-18-7-3-11-21(24(18)22)15-26-25-13-19(9-1)23(17)20/h1-12H,13-16H2. The second-order valence-electron chi connectivity index (χ2n) is 6.91. The predicted molar refractivity (Wildman–Crippen MR) is 126 cm³/mol. The van der Waals surface area contributed by atoms with Gasteiger partial charge in [-0.2, -0.15) is 0 Å². The summed E-state index contributed by atoms with van der Waals surface area (Å²) in [6.45, 7) is 0. The van der Waals surface area contributed by atoms with Gasteiger partial charge in [-0.15, -0.1) is 0 Å². The van der Waals surface area contributed by atoms with E-state index < -0.39 is 0 Å². The van der Waals surface area contributed by atoms with E-state index in [-0.39, 0.29) is 0 Å². The second kappa shape index (κ2) is 9.09. The molecule has 0 N–H and O–H groups in total. The fraction of sp³-hybridized carbons (Fsp3) is 0.167. The second-order valence-corrected chi connectivity index (χ2v) is 21.6. The van der Waals surface area contributed by atoms with Crippen molar-refractivity contribution in [2.24, 2.45) is 0 Å². The zero-order chi connectivity index (χ0) is 18.8. The Morgan fingerprint density at radius 2 is 0.679 bits per heavy atom. The first-order valence-corrected chi connectivity index (χ1v) is 22.9. The normalized spacial score (nSPS) is 15.4. The van der Waals surface area contributed by atoms with Crippen molar-refractivity contribution in [3.63, 3.8) is 0 Å². The molecule has 4 aromatic rings. The van der Waals surface area contributed by atoms with Crippen molar-refractivity contribution in [3.05, 3.63) is 95.1 Å². The molecule has 0 radical (unpaired) electrons. The Morgan fingerprint density at radius 1 is 0.393 bits per heavy atom. The van der Waals surface area contributed by atoms with Gasteiger partial charge in [0.25, 0.3) is 0 Å². The summed E-state index contributed by atoms with van der Waals surface area (Å²) >= 11 is 2.85. The quantitative estimate of drug-likeness (QED) is 0.256. The number of hydrogen-bond acceptors (Lipinski definition) is 0. The summed E-state index contributed by atoms with van der Waals surface area (Å²) in [7, 11) is 0. The van der Waals surface area contributed by atoms with Crippen LogP contribution in [0.1, 0.15) is 22.3 Å². The van der Waals surface area contributed by atoms with Crippen LogP contribution in [-0.2, 0) is 21.3 Å². The fourth-order valence-electron chi connectivity index (χ4n) is 3.91. The van der Waals surface area contributed by atoms with Gasteiger partial charge in [0.1, 0.15) is 0 Å². The maximum absolute atomic E-state index is 2.39. The SMILES string of the molecule is c1cc2c3c(cccc3c1)C[Se][Se]Cc1cccc3cccc(c13)C[Se][Se]C2. The average molecular weight is 624 g/mol. The van der Waals surface area contributed by atoms with Crippen LogP contribution in [0.5, 0.6) is 0 Å². The van der Waals surface area contributed by atoms with Crippen LogP contribution in [0.4, 0.5) is 0 Å². The molecule has 0 unspecified atom stereocenters. The van der Waals surface area contributed by atoms with Crippen LogP contribution in [0.3, 0.4) is 0 Å². The molecule has 0 saturated carbocycles. The molecule has 0 saturated heterocycles. The van der Waals surface area contributed by atoms with Crippen molar-refractivity contribution in [3.8, 4) is 0 Å². The summed E-state index contributed by atoms with van der Waals surface area (Å²) in [5.74, 6) is 0. The van der Waals surface area contributed by atoms with Gasteiger partial charge in [-0.3, -0.25) is 0 Å². The maximum atomic E-state index is 2.39. The minimum absolute atomic E-state index is 0.713. The minimum atomic E-state index is 0.713. The van der Waals surface area contributed by atoms with E-state index in [2.05, 4.69) is 72.8 Å². The zero-order valence-electron chi connectivity index (χ0n) is 15.4. The molecule has 4 aromatic carbocycles. The molecule has 0 aliphatic carbocycles. The zero-order valence-corrected chi connectivity index (χ0v) is 22.2. The molecule has 4 heteroatoms. The number of rotatable bonds is 0. The Labute approximate surface area is 189 Å². The van der Waals surface area contributed by atoms with Gasteiger partial charge in [-0.25, -0.2) is 0 Å². The van der Waals surface area contributed by atoms with Gasteiger partial charge in [0.2, 0.25) is 0 Å². The first-order valence-electron chi connectivity index (χ1n) is 9.38. The van der Waals surface area contributed by atoms with E-state index in [9.17, 15) is 0 Å². The van der Waals surface area contributed by atoms with E-state index in [1.807, 2.05) is 0 Å². The van der Waals surface area contributed by atoms with E-state index in [0.29, 0.717) is 52.5 Å². The number of benzene rings is 4. The molecule has 28 heavy (non-hydrogen) atoms. The van der Waals surface area contributed by atoms with Crippen LogP contribution >= 0.6 is 0 Å². The topological polar surface area (TPSA) is 0 Å². The third-order valence-corrected chi connectivity index (χ3v) is 18.3. The van der Waals surface area contributed by atoms with Gasteiger partial charge < -0.3 is 0 Å². The fourth-order valence-corrected chi connectivity index (χ4v) is 16.9. The molecule has 0 bridgehead atoms. The van der Waals surface area contributed by atoms with E-state index in [1.165, 1.54) is 32.0 Å². The van der Waals surface area contributed by atoms with E-state index in [4.69, 9.17) is 0 Å². The Hall–Kier alpha value is -0.522. The van der Waals surface area contributed by atoms with Crippen LogP contribution in [0.15, 0.2) is 72.8 Å². The summed E-state index contributed by atoms with van der Waals surface area (Å²) in [6, 6.07) is 27.8. The van der Waals surface area contributed by atoms with Crippen molar-refractivity contribution in [1.29, 1.82) is 0 Å². The molecule has 0 amide bonds. The molecular weight excluding hydrogens is 604 g/mol. The Morgan fingerprint density at radius 3 is 0.964 bits per heavy atom. The van der Waals surface area contributed by atoms with Crippen molar-refractivity contribution >= 4 is 74.1 Å². The first-order chi connectivity index (χ1) is 13.9. The van der Waals surface area contributed by atoms with Crippen molar-refractivity contribution in [1.82, 2.24) is 0 Å². The van der Waals surface area contributed by atoms with Gasteiger partial charge in [0.05, 0.1) is 0 Å². The van der Waals surface area contributed by atoms with Crippen LogP contribution in [0, 0.1) is 0 Å². The number of hydrogen-bond donors (Lipinski definition) is 0. The predicted octanol–water partition coefficient (Wildman–Crippen LogP) is 4.35. The molecular formula is C24H20Se4. The molecule has 0 spiro atoms. The molecule has 0 aromatic heterocycles. The van der Waals surface area contributed by atoms with Crippen molar-refractivity contribution in [2.75, 3.05) is 0 Å². The molecule has 0 atom stereocenters. The van der Waals surface area contributed by atoms with Crippen LogP contribution in [0.2, 0.25) is 0 Å². The first kappa shape index (κ1) is 19.4. The Kier molecular flexibility index (Phi) is 6.31. The third kappa shape index (κ3) is 4.04. The Bertz CT molecular complexity index is 963. The molecule has 0 nitrogen and oxygen atoms in total. The monoisotopic (exact) mass is 628 g/mol. The van der Waals surface area contributed by atoms with Gasteiger partial charge in [-0.1, -0.05) is 0 Å². The van der Waals surface area contributed by atoms with Gasteiger partial charge >= 0.3 is 190 Å². The van der Waals surface area contributed by atoms with Gasteiger partial charge in [-0.05, 0) is 0 Å². The summed E-state index contributed by atoms with van der Waals surface area (Å²) < 4.78 is 0. The summed E-state index contributed by atoms with van der Waals surface area (Å²) in [4.78, 5) is 0. The molecule has 1 aliphatic rings. The summed E-state index contributed by atoms with van der Waals surface area (Å²) in [6.07, 6.45) is 0. The molecule has 140 valence electrons. The summed E-state index contributed by atoms with van der Waals surface area (Å²) in [5, 5.41) is 11.2. The van der Waals surface area contributed by atoms with E-state index >= 15 is 0 Å². The van der Waals surface area contributed by atoms with Crippen LogP contribution in [-0.4, -0.2) is 52.5 Å². The van der Waals surface area contributed by atoms with E-state index in [1.54, 1.807) is 33.0 Å².